The molecular formula is C22H22N2O3. The van der Waals surface area contributed by atoms with Gasteiger partial charge in [0, 0.05) is 30.8 Å². The van der Waals surface area contributed by atoms with E-state index in [1.54, 1.807) is 13.3 Å². The van der Waals surface area contributed by atoms with Crippen molar-refractivity contribution in [2.75, 3.05) is 20.3 Å². The van der Waals surface area contributed by atoms with Gasteiger partial charge in [-0.1, -0.05) is 18.2 Å². The van der Waals surface area contributed by atoms with Crippen LogP contribution in [0.5, 0.6) is 0 Å². The second kappa shape index (κ2) is 7.37. The predicted octanol–water partition coefficient (Wildman–Crippen LogP) is 3.45. The van der Waals surface area contributed by atoms with Gasteiger partial charge in [0.05, 0.1) is 12.6 Å². The fraction of sp³-hybridized carbons (Fsp3) is 0.273. The third-order valence-electron chi connectivity index (χ3n) is 5.24. The first-order valence-corrected chi connectivity index (χ1v) is 9.19. The number of nitrogens with one attached hydrogen (secondary N) is 1. The zero-order valence-electron chi connectivity index (χ0n) is 15.3. The number of likely N-dealkylation sites (tertiary alicyclic amines) is 1. The smallest absolute Gasteiger partial charge is 0.255 e. The number of ether oxygens (including phenoxy) is 1. The average Bonchev–Trinajstić information content (AvgIpc) is 3.16. The molecule has 4 rings (SSSR count). The molecule has 2 aromatic carbocycles. The highest BCUT2D eigenvalue weighted by molar-refractivity contribution is 5.95. The molecule has 0 spiro atoms. The van der Waals surface area contributed by atoms with Crippen molar-refractivity contribution in [3.63, 3.8) is 0 Å². The second-order valence-corrected chi connectivity index (χ2v) is 6.94. The lowest BCUT2D eigenvalue weighted by atomic mass is 10.0. The number of aromatic amines is 1. The molecule has 0 unspecified atom stereocenters. The summed E-state index contributed by atoms with van der Waals surface area (Å²) in [6.45, 7) is 1.37. The molecule has 1 atom stereocenters. The Bertz CT molecular complexity index is 1020. The van der Waals surface area contributed by atoms with Crippen LogP contribution in [0.15, 0.2) is 59.5 Å². The van der Waals surface area contributed by atoms with Crippen molar-refractivity contribution in [2.24, 2.45) is 0 Å². The Labute approximate surface area is 157 Å². The van der Waals surface area contributed by atoms with Gasteiger partial charge in [-0.3, -0.25) is 9.59 Å². The van der Waals surface area contributed by atoms with E-state index in [2.05, 4.69) is 4.98 Å². The number of nitrogens with zero attached hydrogens (tertiary/aromatic N) is 1. The molecule has 0 bridgehead atoms. The first-order chi connectivity index (χ1) is 13.2. The van der Waals surface area contributed by atoms with Gasteiger partial charge in [-0.15, -0.1) is 0 Å². The van der Waals surface area contributed by atoms with Crippen LogP contribution in [-0.2, 0) is 4.74 Å². The highest BCUT2D eigenvalue weighted by Crippen LogP contribution is 2.25. The largest absolute Gasteiger partial charge is 0.383 e. The number of rotatable bonds is 4. The van der Waals surface area contributed by atoms with Crippen molar-refractivity contribution in [3.05, 3.63) is 70.6 Å². The zero-order valence-corrected chi connectivity index (χ0v) is 15.3. The van der Waals surface area contributed by atoms with Crippen molar-refractivity contribution in [1.82, 2.24) is 9.88 Å². The van der Waals surface area contributed by atoms with E-state index in [1.807, 2.05) is 53.4 Å². The zero-order chi connectivity index (χ0) is 18.8. The third-order valence-corrected chi connectivity index (χ3v) is 5.24. The maximum absolute atomic E-state index is 12.8. The lowest BCUT2D eigenvalue weighted by Crippen LogP contribution is -2.38. The Kier molecular flexibility index (Phi) is 4.77. The van der Waals surface area contributed by atoms with Gasteiger partial charge in [0.1, 0.15) is 0 Å². The molecule has 1 fully saturated rings. The molecule has 0 saturated carbocycles. The molecule has 1 amide bonds. The summed E-state index contributed by atoms with van der Waals surface area (Å²) in [7, 11) is 1.67. The van der Waals surface area contributed by atoms with Crippen LogP contribution < -0.4 is 5.56 Å². The number of H-pyrrole nitrogens is 1. The normalized spacial score (nSPS) is 16.8. The lowest BCUT2D eigenvalue weighted by Gasteiger charge is -2.24. The van der Waals surface area contributed by atoms with Gasteiger partial charge in [-0.05, 0) is 59.7 Å². The maximum atomic E-state index is 12.8. The van der Waals surface area contributed by atoms with E-state index in [-0.39, 0.29) is 17.5 Å². The number of benzene rings is 2. The van der Waals surface area contributed by atoms with E-state index in [0.717, 1.165) is 35.9 Å². The van der Waals surface area contributed by atoms with E-state index in [0.29, 0.717) is 17.6 Å². The second-order valence-electron chi connectivity index (χ2n) is 6.94. The Morgan fingerprint density at radius 1 is 1.15 bits per heavy atom. The first-order valence-electron chi connectivity index (χ1n) is 9.19. The van der Waals surface area contributed by atoms with Crippen molar-refractivity contribution >= 4 is 16.7 Å². The Morgan fingerprint density at radius 2 is 1.93 bits per heavy atom. The lowest BCUT2D eigenvalue weighted by molar-refractivity contribution is 0.0630. The number of amides is 1. The van der Waals surface area contributed by atoms with Gasteiger partial charge < -0.3 is 14.6 Å². The standard InChI is InChI=1S/C22H22N2O3/c1-27-14-19-3-2-12-24(19)22(26)16-6-4-15(5-7-16)17-8-9-20-18(13-17)10-11-23-21(20)25/h4-11,13,19H,2-3,12,14H2,1H3,(H,23,25)/t19-/m0/s1. The van der Waals surface area contributed by atoms with Crippen LogP contribution in [0.25, 0.3) is 21.9 Å². The summed E-state index contributed by atoms with van der Waals surface area (Å²) in [6.07, 6.45) is 3.67. The molecule has 138 valence electrons. The molecule has 0 radical (unpaired) electrons. The number of carbonyl (C=O) groups excluding carboxylic acids is 1. The Morgan fingerprint density at radius 3 is 2.70 bits per heavy atom. The fourth-order valence-corrected chi connectivity index (χ4v) is 3.81. The van der Waals surface area contributed by atoms with Crippen LogP contribution in [0.2, 0.25) is 0 Å². The molecule has 2 heterocycles. The van der Waals surface area contributed by atoms with Gasteiger partial charge in [-0.2, -0.15) is 0 Å². The van der Waals surface area contributed by atoms with E-state index < -0.39 is 0 Å². The van der Waals surface area contributed by atoms with E-state index in [9.17, 15) is 9.59 Å². The molecule has 1 aromatic heterocycles. The number of pyridine rings is 1. The molecule has 5 heteroatoms. The van der Waals surface area contributed by atoms with Crippen molar-refractivity contribution in [1.29, 1.82) is 0 Å². The summed E-state index contributed by atoms with van der Waals surface area (Å²) in [5.74, 6) is 0.0612. The monoisotopic (exact) mass is 362 g/mol. The molecule has 3 aromatic rings. The third kappa shape index (κ3) is 3.38. The molecule has 5 nitrogen and oxygen atoms in total. The number of fused-ring (bicyclic) bond motifs is 1. The summed E-state index contributed by atoms with van der Waals surface area (Å²) in [6, 6.07) is 15.5. The van der Waals surface area contributed by atoms with Crippen LogP contribution in [0.4, 0.5) is 0 Å². The molecule has 1 saturated heterocycles. The summed E-state index contributed by atoms with van der Waals surface area (Å²) >= 11 is 0. The minimum absolute atomic E-state index is 0.0612. The number of aromatic nitrogens is 1. The van der Waals surface area contributed by atoms with Crippen molar-refractivity contribution in [3.8, 4) is 11.1 Å². The maximum Gasteiger partial charge on any atom is 0.255 e. The minimum atomic E-state index is -0.0868. The number of hydrogen-bond donors (Lipinski definition) is 1. The van der Waals surface area contributed by atoms with Gasteiger partial charge in [0.25, 0.3) is 11.5 Å². The number of carbonyl (C=O) groups is 1. The quantitative estimate of drug-likeness (QED) is 0.773. The van der Waals surface area contributed by atoms with Gasteiger partial charge >= 0.3 is 0 Å². The SMILES string of the molecule is COC[C@@H]1CCCN1C(=O)c1ccc(-c2ccc3c(=O)[nH]ccc3c2)cc1. The first kappa shape index (κ1) is 17.5. The van der Waals surface area contributed by atoms with Crippen molar-refractivity contribution < 1.29 is 9.53 Å². The molecule has 0 aliphatic carbocycles. The van der Waals surface area contributed by atoms with E-state index >= 15 is 0 Å². The van der Waals surface area contributed by atoms with E-state index in [1.165, 1.54) is 0 Å². The van der Waals surface area contributed by atoms with Gasteiger partial charge in [0.15, 0.2) is 0 Å². The average molecular weight is 362 g/mol. The van der Waals surface area contributed by atoms with Crippen molar-refractivity contribution in [2.45, 2.75) is 18.9 Å². The summed E-state index contributed by atoms with van der Waals surface area (Å²) in [5, 5.41) is 1.57. The number of methoxy groups -OCH3 is 1. The van der Waals surface area contributed by atoms with Crippen LogP contribution >= 0.6 is 0 Å². The molecular weight excluding hydrogens is 340 g/mol. The molecule has 1 aliphatic rings. The highest BCUT2D eigenvalue weighted by Gasteiger charge is 2.29. The highest BCUT2D eigenvalue weighted by atomic mass is 16.5. The summed E-state index contributed by atoms with van der Waals surface area (Å²) < 4.78 is 5.24. The minimum Gasteiger partial charge on any atom is -0.383 e. The van der Waals surface area contributed by atoms with Gasteiger partial charge in [-0.25, -0.2) is 0 Å². The van der Waals surface area contributed by atoms with Gasteiger partial charge in [0.2, 0.25) is 0 Å². The van der Waals surface area contributed by atoms with E-state index in [4.69, 9.17) is 4.74 Å². The van der Waals surface area contributed by atoms with Crippen LogP contribution in [0.3, 0.4) is 0 Å². The topological polar surface area (TPSA) is 62.4 Å². The fourth-order valence-electron chi connectivity index (χ4n) is 3.81. The summed E-state index contributed by atoms with van der Waals surface area (Å²) in [5.41, 5.74) is 2.64. The Hall–Kier alpha value is -2.92. The molecule has 27 heavy (non-hydrogen) atoms. The number of hydrogen-bond acceptors (Lipinski definition) is 3. The van der Waals surface area contributed by atoms with Crippen LogP contribution in [-0.4, -0.2) is 42.1 Å². The Balaban J connectivity index is 1.59. The molecule has 1 N–H and O–H groups in total. The molecule has 1 aliphatic heterocycles. The summed E-state index contributed by atoms with van der Waals surface area (Å²) in [4.78, 5) is 29.3. The van der Waals surface area contributed by atoms with Crippen LogP contribution in [0, 0.1) is 0 Å². The van der Waals surface area contributed by atoms with Crippen LogP contribution in [0.1, 0.15) is 23.2 Å². The predicted molar refractivity (Wildman–Crippen MR) is 106 cm³/mol.